The second kappa shape index (κ2) is 4.18. The van der Waals surface area contributed by atoms with Gasteiger partial charge in [0.15, 0.2) is 0 Å². The SMILES string of the molecule is C1=CN2CCSN=C2C(c2ccccc2)=C1. The summed E-state index contributed by atoms with van der Waals surface area (Å²) in [6.07, 6.45) is 6.33. The van der Waals surface area contributed by atoms with Crippen LogP contribution in [0.2, 0.25) is 0 Å². The highest BCUT2D eigenvalue weighted by Gasteiger charge is 2.20. The predicted molar refractivity (Wildman–Crippen MR) is 70.2 cm³/mol. The first-order chi connectivity index (χ1) is 7.95. The molecule has 2 aliphatic rings. The van der Waals surface area contributed by atoms with Gasteiger partial charge in [-0.15, -0.1) is 0 Å². The Morgan fingerprint density at radius 3 is 2.94 bits per heavy atom. The van der Waals surface area contributed by atoms with E-state index in [1.807, 2.05) is 6.07 Å². The Kier molecular flexibility index (Phi) is 2.54. The van der Waals surface area contributed by atoms with Crippen LogP contribution < -0.4 is 0 Å². The molecule has 3 rings (SSSR count). The average Bonchev–Trinajstić information content (AvgIpc) is 2.39. The first-order valence-corrected chi connectivity index (χ1v) is 6.30. The summed E-state index contributed by atoms with van der Waals surface area (Å²) in [5.74, 6) is 2.15. The number of fused-ring (bicyclic) bond motifs is 1. The van der Waals surface area contributed by atoms with E-state index in [2.05, 4.69) is 51.9 Å². The van der Waals surface area contributed by atoms with Crippen LogP contribution in [-0.2, 0) is 0 Å². The van der Waals surface area contributed by atoms with Gasteiger partial charge >= 0.3 is 0 Å². The molecular weight excluding hydrogens is 216 g/mol. The molecular formula is C13H12N2S. The van der Waals surface area contributed by atoms with Crippen LogP contribution in [0.5, 0.6) is 0 Å². The Balaban J connectivity index is 2.04. The van der Waals surface area contributed by atoms with Crippen molar-refractivity contribution >= 4 is 23.4 Å². The average molecular weight is 228 g/mol. The Labute approximate surface area is 99.5 Å². The standard InChI is InChI=1S/C13H12N2S/c1-2-5-11(6-3-1)12-7-4-8-15-9-10-16-14-13(12)15/h1-8H,9-10H2. The highest BCUT2D eigenvalue weighted by molar-refractivity contribution is 7.98. The summed E-state index contributed by atoms with van der Waals surface area (Å²) in [5, 5.41) is 0. The summed E-state index contributed by atoms with van der Waals surface area (Å²) in [7, 11) is 0. The van der Waals surface area contributed by atoms with Crippen molar-refractivity contribution in [2.45, 2.75) is 0 Å². The third kappa shape index (κ3) is 1.67. The molecule has 0 saturated heterocycles. The largest absolute Gasteiger partial charge is 0.331 e. The lowest BCUT2D eigenvalue weighted by Gasteiger charge is -2.29. The van der Waals surface area contributed by atoms with Gasteiger partial charge in [-0.25, -0.2) is 0 Å². The summed E-state index contributed by atoms with van der Waals surface area (Å²) in [6, 6.07) is 10.4. The van der Waals surface area contributed by atoms with Crippen LogP contribution in [0.25, 0.3) is 5.57 Å². The molecule has 80 valence electrons. The van der Waals surface area contributed by atoms with E-state index < -0.39 is 0 Å². The van der Waals surface area contributed by atoms with Crippen LogP contribution in [0.4, 0.5) is 0 Å². The molecule has 0 spiro atoms. The summed E-state index contributed by atoms with van der Waals surface area (Å²) >= 11 is 1.65. The van der Waals surface area contributed by atoms with E-state index in [9.17, 15) is 0 Å². The van der Waals surface area contributed by atoms with Gasteiger partial charge in [-0.2, -0.15) is 4.40 Å². The van der Waals surface area contributed by atoms with E-state index in [-0.39, 0.29) is 0 Å². The summed E-state index contributed by atoms with van der Waals surface area (Å²) in [4.78, 5) is 2.22. The minimum atomic E-state index is 1.05. The van der Waals surface area contributed by atoms with E-state index in [0.717, 1.165) is 18.1 Å². The summed E-state index contributed by atoms with van der Waals surface area (Å²) < 4.78 is 4.55. The van der Waals surface area contributed by atoms with Crippen LogP contribution in [0.1, 0.15) is 5.56 Å². The maximum absolute atomic E-state index is 4.55. The third-order valence-corrected chi connectivity index (χ3v) is 3.37. The van der Waals surface area contributed by atoms with Gasteiger partial charge in [0, 0.05) is 24.1 Å². The van der Waals surface area contributed by atoms with E-state index in [4.69, 9.17) is 0 Å². The topological polar surface area (TPSA) is 15.6 Å². The highest BCUT2D eigenvalue weighted by Crippen LogP contribution is 2.26. The van der Waals surface area contributed by atoms with Crippen molar-refractivity contribution in [2.24, 2.45) is 4.40 Å². The fourth-order valence-electron chi connectivity index (χ4n) is 1.91. The van der Waals surface area contributed by atoms with Crippen LogP contribution >= 0.6 is 11.9 Å². The molecule has 2 heterocycles. The molecule has 0 unspecified atom stereocenters. The van der Waals surface area contributed by atoms with E-state index in [0.29, 0.717) is 0 Å². The van der Waals surface area contributed by atoms with Gasteiger partial charge in [-0.05, 0) is 29.7 Å². The Morgan fingerprint density at radius 1 is 1.19 bits per heavy atom. The number of amidine groups is 1. The van der Waals surface area contributed by atoms with Crippen LogP contribution in [0.15, 0.2) is 53.1 Å². The molecule has 0 aromatic heterocycles. The molecule has 0 atom stereocenters. The van der Waals surface area contributed by atoms with Gasteiger partial charge in [-0.3, -0.25) is 0 Å². The Morgan fingerprint density at radius 2 is 2.06 bits per heavy atom. The van der Waals surface area contributed by atoms with Crippen molar-refractivity contribution in [3.8, 4) is 0 Å². The zero-order valence-corrected chi connectivity index (χ0v) is 9.65. The van der Waals surface area contributed by atoms with Gasteiger partial charge in [0.25, 0.3) is 0 Å². The number of allylic oxidation sites excluding steroid dienone is 2. The molecule has 1 aromatic rings. The smallest absolute Gasteiger partial charge is 0.148 e. The number of hydrogen-bond acceptors (Lipinski definition) is 3. The lowest BCUT2D eigenvalue weighted by molar-refractivity contribution is 0.594. The Bertz CT molecular complexity index is 474. The fourth-order valence-corrected chi connectivity index (χ4v) is 2.61. The second-order valence-electron chi connectivity index (χ2n) is 3.73. The van der Waals surface area contributed by atoms with Gasteiger partial charge in [-0.1, -0.05) is 30.3 Å². The fraction of sp³-hybridized carbons (Fsp3) is 0.154. The molecule has 0 N–H and O–H groups in total. The minimum absolute atomic E-state index is 1.05. The first-order valence-electron chi connectivity index (χ1n) is 5.36. The zero-order valence-electron chi connectivity index (χ0n) is 8.84. The predicted octanol–water partition coefficient (Wildman–Crippen LogP) is 2.96. The molecule has 1 aromatic carbocycles. The molecule has 2 nitrogen and oxygen atoms in total. The zero-order chi connectivity index (χ0) is 10.8. The Hall–Kier alpha value is -1.48. The van der Waals surface area contributed by atoms with Crippen LogP contribution in [0, 0.1) is 0 Å². The molecule has 16 heavy (non-hydrogen) atoms. The molecule has 3 heteroatoms. The second-order valence-corrected chi connectivity index (χ2v) is 4.58. The van der Waals surface area contributed by atoms with E-state index in [1.165, 1.54) is 11.1 Å². The summed E-state index contributed by atoms with van der Waals surface area (Å²) in [6.45, 7) is 1.05. The van der Waals surface area contributed by atoms with Crippen LogP contribution in [-0.4, -0.2) is 23.0 Å². The summed E-state index contributed by atoms with van der Waals surface area (Å²) in [5.41, 5.74) is 2.45. The molecule has 2 aliphatic heterocycles. The van der Waals surface area contributed by atoms with Crippen molar-refractivity contribution in [3.05, 3.63) is 54.2 Å². The van der Waals surface area contributed by atoms with Crippen molar-refractivity contribution in [3.63, 3.8) is 0 Å². The number of hydrogen-bond donors (Lipinski definition) is 0. The van der Waals surface area contributed by atoms with Gasteiger partial charge in [0.05, 0.1) is 0 Å². The van der Waals surface area contributed by atoms with E-state index >= 15 is 0 Å². The number of benzene rings is 1. The van der Waals surface area contributed by atoms with Gasteiger partial charge < -0.3 is 4.90 Å². The molecule has 0 radical (unpaired) electrons. The number of nitrogens with zero attached hydrogens (tertiary/aromatic N) is 2. The molecule has 0 fully saturated rings. The molecule has 0 saturated carbocycles. The lowest BCUT2D eigenvalue weighted by atomic mass is 10.0. The van der Waals surface area contributed by atoms with E-state index in [1.54, 1.807) is 11.9 Å². The number of rotatable bonds is 1. The van der Waals surface area contributed by atoms with Crippen molar-refractivity contribution < 1.29 is 0 Å². The van der Waals surface area contributed by atoms with Crippen LogP contribution in [0.3, 0.4) is 0 Å². The first kappa shape index (κ1) is 9.73. The van der Waals surface area contributed by atoms with Gasteiger partial charge in [0.2, 0.25) is 0 Å². The molecule has 0 amide bonds. The van der Waals surface area contributed by atoms with Crippen molar-refractivity contribution in [1.82, 2.24) is 4.90 Å². The lowest BCUT2D eigenvalue weighted by Crippen LogP contribution is -2.32. The normalized spacial score (nSPS) is 18.9. The molecule has 0 aliphatic carbocycles. The maximum atomic E-state index is 4.55. The molecule has 0 bridgehead atoms. The highest BCUT2D eigenvalue weighted by atomic mass is 32.2. The third-order valence-electron chi connectivity index (χ3n) is 2.70. The quantitative estimate of drug-likeness (QED) is 0.687. The van der Waals surface area contributed by atoms with Gasteiger partial charge in [0.1, 0.15) is 5.84 Å². The maximum Gasteiger partial charge on any atom is 0.148 e. The monoisotopic (exact) mass is 228 g/mol. The van der Waals surface area contributed by atoms with Crippen molar-refractivity contribution in [1.29, 1.82) is 0 Å². The van der Waals surface area contributed by atoms with Crippen molar-refractivity contribution in [2.75, 3.05) is 12.3 Å². The minimum Gasteiger partial charge on any atom is -0.331 e.